The molecule has 78 valence electrons. The first-order valence-electron chi connectivity index (χ1n) is 5.18. The molecule has 0 bridgehead atoms. The number of aryl methyl sites for hydroxylation is 2. The Morgan fingerprint density at radius 2 is 1.79 bits per heavy atom. The Balaban J connectivity index is 3.08. The fourth-order valence-electron chi connectivity index (χ4n) is 1.71. The third-order valence-corrected chi connectivity index (χ3v) is 3.01. The van der Waals surface area contributed by atoms with Gasteiger partial charge in [-0.15, -0.1) is 0 Å². The van der Waals surface area contributed by atoms with Gasteiger partial charge in [0, 0.05) is 5.54 Å². The molecule has 0 aliphatic carbocycles. The molecule has 0 radical (unpaired) electrons. The molecule has 1 unspecified atom stereocenters. The SMILES string of the molecule is Cc1ccc(C(C)C(C)(C)N)c(C)c1. The van der Waals surface area contributed by atoms with Gasteiger partial charge in [-0.3, -0.25) is 0 Å². The van der Waals surface area contributed by atoms with Gasteiger partial charge >= 0.3 is 0 Å². The van der Waals surface area contributed by atoms with E-state index in [-0.39, 0.29) is 5.54 Å². The minimum absolute atomic E-state index is 0.153. The Kier molecular flexibility index (Phi) is 3.01. The first-order valence-corrected chi connectivity index (χ1v) is 5.18. The summed E-state index contributed by atoms with van der Waals surface area (Å²) in [5, 5.41) is 0. The van der Waals surface area contributed by atoms with E-state index in [1.165, 1.54) is 16.7 Å². The van der Waals surface area contributed by atoms with Crippen molar-refractivity contribution in [1.82, 2.24) is 0 Å². The van der Waals surface area contributed by atoms with Gasteiger partial charge in [-0.1, -0.05) is 30.7 Å². The summed E-state index contributed by atoms with van der Waals surface area (Å²) in [6.45, 7) is 10.6. The van der Waals surface area contributed by atoms with Crippen LogP contribution >= 0.6 is 0 Å². The molecule has 0 aromatic heterocycles. The molecule has 0 saturated carbocycles. The number of benzene rings is 1. The van der Waals surface area contributed by atoms with Gasteiger partial charge in [-0.25, -0.2) is 0 Å². The van der Waals surface area contributed by atoms with Gasteiger partial charge in [0.25, 0.3) is 0 Å². The van der Waals surface area contributed by atoms with Crippen LogP contribution in [-0.2, 0) is 0 Å². The van der Waals surface area contributed by atoms with Gasteiger partial charge in [-0.2, -0.15) is 0 Å². The normalized spacial score (nSPS) is 14.1. The second-order valence-corrected chi connectivity index (χ2v) is 4.90. The predicted octanol–water partition coefficient (Wildman–Crippen LogP) is 3.14. The van der Waals surface area contributed by atoms with E-state index in [9.17, 15) is 0 Å². The Morgan fingerprint density at radius 3 is 2.21 bits per heavy atom. The topological polar surface area (TPSA) is 26.0 Å². The molecule has 14 heavy (non-hydrogen) atoms. The second kappa shape index (κ2) is 3.74. The van der Waals surface area contributed by atoms with Gasteiger partial charge in [-0.05, 0) is 44.7 Å². The molecular weight excluding hydrogens is 170 g/mol. The van der Waals surface area contributed by atoms with Gasteiger partial charge < -0.3 is 5.73 Å². The van der Waals surface area contributed by atoms with Crippen molar-refractivity contribution in [3.63, 3.8) is 0 Å². The Hall–Kier alpha value is -0.820. The zero-order valence-corrected chi connectivity index (χ0v) is 9.89. The molecule has 0 aliphatic rings. The van der Waals surface area contributed by atoms with Crippen LogP contribution < -0.4 is 5.73 Å². The van der Waals surface area contributed by atoms with Crippen molar-refractivity contribution in [2.24, 2.45) is 5.73 Å². The van der Waals surface area contributed by atoms with Crippen LogP contribution in [0.2, 0.25) is 0 Å². The lowest BCUT2D eigenvalue weighted by Gasteiger charge is -2.29. The van der Waals surface area contributed by atoms with E-state index in [4.69, 9.17) is 5.73 Å². The third kappa shape index (κ3) is 2.36. The standard InChI is InChI=1S/C13H21N/c1-9-6-7-12(10(2)8-9)11(3)13(4,5)14/h6-8,11H,14H2,1-5H3. The first-order chi connectivity index (χ1) is 6.32. The Bertz CT molecular complexity index is 320. The summed E-state index contributed by atoms with van der Waals surface area (Å²) < 4.78 is 0. The fourth-order valence-corrected chi connectivity index (χ4v) is 1.71. The van der Waals surface area contributed by atoms with Crippen LogP contribution in [0, 0.1) is 13.8 Å². The highest BCUT2D eigenvalue weighted by atomic mass is 14.7. The highest BCUT2D eigenvalue weighted by Crippen LogP contribution is 2.28. The van der Waals surface area contributed by atoms with Crippen molar-refractivity contribution >= 4 is 0 Å². The van der Waals surface area contributed by atoms with Gasteiger partial charge in [0.2, 0.25) is 0 Å². The summed E-state index contributed by atoms with van der Waals surface area (Å²) >= 11 is 0. The summed E-state index contributed by atoms with van der Waals surface area (Å²) in [6, 6.07) is 6.58. The summed E-state index contributed by atoms with van der Waals surface area (Å²) in [7, 11) is 0. The smallest absolute Gasteiger partial charge is 0.0163 e. The average molecular weight is 191 g/mol. The lowest BCUT2D eigenvalue weighted by Crippen LogP contribution is -2.38. The average Bonchev–Trinajstić information content (AvgIpc) is 2.01. The molecule has 2 N–H and O–H groups in total. The Labute approximate surface area is 87.3 Å². The molecule has 0 heterocycles. The number of hydrogen-bond acceptors (Lipinski definition) is 1. The second-order valence-electron chi connectivity index (χ2n) is 4.90. The van der Waals surface area contributed by atoms with E-state index >= 15 is 0 Å². The maximum Gasteiger partial charge on any atom is 0.0163 e. The lowest BCUT2D eigenvalue weighted by molar-refractivity contribution is 0.434. The fraction of sp³-hybridized carbons (Fsp3) is 0.538. The highest BCUT2D eigenvalue weighted by molar-refractivity contribution is 5.34. The van der Waals surface area contributed by atoms with Gasteiger partial charge in [0.05, 0.1) is 0 Å². The predicted molar refractivity (Wildman–Crippen MR) is 62.6 cm³/mol. The number of rotatable bonds is 2. The van der Waals surface area contributed by atoms with Crippen LogP contribution in [-0.4, -0.2) is 5.54 Å². The lowest BCUT2D eigenvalue weighted by atomic mass is 9.82. The Morgan fingerprint density at radius 1 is 1.21 bits per heavy atom. The van der Waals surface area contributed by atoms with Crippen LogP contribution in [0.25, 0.3) is 0 Å². The monoisotopic (exact) mass is 191 g/mol. The molecule has 0 fully saturated rings. The summed E-state index contributed by atoms with van der Waals surface area (Å²) in [5.41, 5.74) is 9.99. The zero-order valence-electron chi connectivity index (χ0n) is 9.89. The van der Waals surface area contributed by atoms with Crippen molar-refractivity contribution in [3.8, 4) is 0 Å². The quantitative estimate of drug-likeness (QED) is 0.763. The molecule has 1 nitrogen and oxygen atoms in total. The molecule has 0 spiro atoms. The third-order valence-electron chi connectivity index (χ3n) is 3.01. The van der Waals surface area contributed by atoms with Crippen molar-refractivity contribution < 1.29 is 0 Å². The molecule has 0 aliphatic heterocycles. The van der Waals surface area contributed by atoms with E-state index in [0.29, 0.717) is 5.92 Å². The van der Waals surface area contributed by atoms with Crippen LogP contribution in [0.15, 0.2) is 18.2 Å². The van der Waals surface area contributed by atoms with Crippen molar-refractivity contribution in [2.45, 2.75) is 46.1 Å². The zero-order chi connectivity index (χ0) is 10.9. The van der Waals surface area contributed by atoms with E-state index < -0.39 is 0 Å². The van der Waals surface area contributed by atoms with Crippen molar-refractivity contribution in [1.29, 1.82) is 0 Å². The molecule has 0 saturated heterocycles. The maximum absolute atomic E-state index is 6.12. The van der Waals surface area contributed by atoms with E-state index in [0.717, 1.165) is 0 Å². The van der Waals surface area contributed by atoms with Gasteiger partial charge in [0.1, 0.15) is 0 Å². The highest BCUT2D eigenvalue weighted by Gasteiger charge is 2.23. The largest absolute Gasteiger partial charge is 0.325 e. The van der Waals surface area contributed by atoms with Crippen molar-refractivity contribution in [3.05, 3.63) is 34.9 Å². The van der Waals surface area contributed by atoms with Crippen LogP contribution in [0.3, 0.4) is 0 Å². The van der Waals surface area contributed by atoms with Crippen molar-refractivity contribution in [2.75, 3.05) is 0 Å². The summed E-state index contributed by atoms with van der Waals surface area (Å²) in [4.78, 5) is 0. The molecule has 1 heteroatoms. The van der Waals surface area contributed by atoms with Gasteiger partial charge in [0.15, 0.2) is 0 Å². The maximum atomic E-state index is 6.12. The van der Waals surface area contributed by atoms with E-state index in [1.54, 1.807) is 0 Å². The van der Waals surface area contributed by atoms with Crippen LogP contribution in [0.4, 0.5) is 0 Å². The first kappa shape index (κ1) is 11.3. The molecule has 1 aromatic carbocycles. The van der Waals surface area contributed by atoms with Crippen LogP contribution in [0.5, 0.6) is 0 Å². The summed E-state index contributed by atoms with van der Waals surface area (Å²) in [5.74, 6) is 0.392. The minimum atomic E-state index is -0.153. The molecule has 1 aromatic rings. The van der Waals surface area contributed by atoms with Crippen LogP contribution in [0.1, 0.15) is 43.4 Å². The summed E-state index contributed by atoms with van der Waals surface area (Å²) in [6.07, 6.45) is 0. The molecule has 0 amide bonds. The number of nitrogens with two attached hydrogens (primary N) is 1. The van der Waals surface area contributed by atoms with E-state index in [2.05, 4.69) is 52.8 Å². The molecule has 1 rings (SSSR count). The molecular formula is C13H21N. The molecule has 1 atom stereocenters. The van der Waals surface area contributed by atoms with E-state index in [1.807, 2.05) is 0 Å². The number of hydrogen-bond donors (Lipinski definition) is 1. The minimum Gasteiger partial charge on any atom is -0.325 e.